The molecule has 0 spiro atoms. The van der Waals surface area contributed by atoms with Crippen molar-refractivity contribution in [1.82, 2.24) is 0 Å². The molecule has 0 radical (unpaired) electrons. The molecule has 0 fully saturated rings. The molecule has 1 aromatic heterocycles. The van der Waals surface area contributed by atoms with Crippen LogP contribution in [0.4, 0.5) is 0 Å². The van der Waals surface area contributed by atoms with E-state index in [0.717, 1.165) is 0 Å². The number of halogens is 1. The van der Waals surface area contributed by atoms with E-state index < -0.39 is 0 Å². The van der Waals surface area contributed by atoms with Crippen molar-refractivity contribution < 1.29 is 4.79 Å². The Morgan fingerprint density at radius 3 is 3.00 bits per heavy atom. The van der Waals surface area contributed by atoms with Gasteiger partial charge in [-0.25, -0.2) is 0 Å². The van der Waals surface area contributed by atoms with Crippen LogP contribution in [0.15, 0.2) is 11.4 Å². The molecule has 0 saturated heterocycles. The maximum Gasteiger partial charge on any atom is 0.164 e. The number of rotatable bonds is 3. The number of carbonyl (C=O) groups excluding carboxylic acids is 1. The third kappa shape index (κ3) is 2.37. The van der Waals surface area contributed by atoms with Crippen LogP contribution in [0.1, 0.15) is 23.2 Å². The highest BCUT2D eigenvalue weighted by Crippen LogP contribution is 2.21. The summed E-state index contributed by atoms with van der Waals surface area (Å²) in [6.45, 7) is 0. The van der Waals surface area contributed by atoms with Gasteiger partial charge in [0.25, 0.3) is 0 Å². The van der Waals surface area contributed by atoms with Gasteiger partial charge in [0.1, 0.15) is 0 Å². The van der Waals surface area contributed by atoms with Crippen LogP contribution in [-0.2, 0) is 0 Å². The molecular formula is C9H7ClOS. The number of ketones is 1. The Hall–Kier alpha value is -0.780. The summed E-state index contributed by atoms with van der Waals surface area (Å²) in [6.07, 6.45) is 5.93. The summed E-state index contributed by atoms with van der Waals surface area (Å²) in [5, 5.41) is 1.75. The molecule has 1 heterocycles. The van der Waals surface area contributed by atoms with Gasteiger partial charge >= 0.3 is 0 Å². The van der Waals surface area contributed by atoms with Crippen molar-refractivity contribution in [3.63, 3.8) is 0 Å². The first-order valence-electron chi connectivity index (χ1n) is 3.44. The standard InChI is InChI=1S/C9H7ClOS/c1-2-3-4-8(11)7-5-9(10)12-6-7/h1,5-6H,3-4H2. The molecule has 1 rings (SSSR count). The fourth-order valence-electron chi connectivity index (χ4n) is 0.786. The maximum atomic E-state index is 11.3. The molecule has 0 saturated carbocycles. The minimum Gasteiger partial charge on any atom is -0.294 e. The molecule has 1 nitrogen and oxygen atoms in total. The van der Waals surface area contributed by atoms with Crippen LogP contribution in [0.2, 0.25) is 4.34 Å². The second kappa shape index (κ2) is 4.30. The van der Waals surface area contributed by atoms with Crippen LogP contribution in [0.5, 0.6) is 0 Å². The Kier molecular flexibility index (Phi) is 3.33. The lowest BCUT2D eigenvalue weighted by atomic mass is 10.1. The second-order valence-corrected chi connectivity index (χ2v) is 3.81. The first-order chi connectivity index (χ1) is 5.74. The Morgan fingerprint density at radius 2 is 2.50 bits per heavy atom. The summed E-state index contributed by atoms with van der Waals surface area (Å²) in [4.78, 5) is 11.3. The summed E-state index contributed by atoms with van der Waals surface area (Å²) in [7, 11) is 0. The summed E-state index contributed by atoms with van der Waals surface area (Å²) < 4.78 is 0.638. The van der Waals surface area contributed by atoms with Crippen LogP contribution in [0.3, 0.4) is 0 Å². The molecule has 0 aromatic carbocycles. The normalized spacial score (nSPS) is 9.33. The molecule has 0 N–H and O–H groups in total. The average molecular weight is 199 g/mol. The zero-order valence-corrected chi connectivity index (χ0v) is 7.91. The smallest absolute Gasteiger partial charge is 0.164 e. The van der Waals surface area contributed by atoms with Gasteiger partial charge in [0.15, 0.2) is 5.78 Å². The Balaban J connectivity index is 2.61. The van der Waals surface area contributed by atoms with E-state index in [1.54, 1.807) is 11.4 Å². The van der Waals surface area contributed by atoms with Crippen LogP contribution < -0.4 is 0 Å². The largest absolute Gasteiger partial charge is 0.294 e. The summed E-state index contributed by atoms with van der Waals surface area (Å²) >= 11 is 7.02. The van der Waals surface area contributed by atoms with E-state index in [1.165, 1.54) is 11.3 Å². The highest BCUT2D eigenvalue weighted by Gasteiger charge is 2.06. The van der Waals surface area contributed by atoms with E-state index in [9.17, 15) is 4.79 Å². The van der Waals surface area contributed by atoms with E-state index >= 15 is 0 Å². The van der Waals surface area contributed by atoms with E-state index in [0.29, 0.717) is 22.7 Å². The lowest BCUT2D eigenvalue weighted by molar-refractivity contribution is 0.0985. The van der Waals surface area contributed by atoms with E-state index in [4.69, 9.17) is 18.0 Å². The van der Waals surface area contributed by atoms with Crippen molar-refractivity contribution in [2.75, 3.05) is 0 Å². The van der Waals surface area contributed by atoms with E-state index in [2.05, 4.69) is 5.92 Å². The van der Waals surface area contributed by atoms with Crippen LogP contribution in [-0.4, -0.2) is 5.78 Å². The van der Waals surface area contributed by atoms with Crippen molar-refractivity contribution in [2.45, 2.75) is 12.8 Å². The number of hydrogen-bond acceptors (Lipinski definition) is 2. The predicted octanol–water partition coefficient (Wildman–Crippen LogP) is 3.00. The molecule has 62 valence electrons. The minimum atomic E-state index is 0.0658. The molecule has 0 bridgehead atoms. The Morgan fingerprint density at radius 1 is 1.75 bits per heavy atom. The second-order valence-electron chi connectivity index (χ2n) is 2.27. The van der Waals surface area contributed by atoms with Crippen molar-refractivity contribution in [2.24, 2.45) is 0 Å². The van der Waals surface area contributed by atoms with Crippen LogP contribution in [0, 0.1) is 12.3 Å². The SMILES string of the molecule is C#CCCC(=O)c1csc(Cl)c1. The first-order valence-corrected chi connectivity index (χ1v) is 4.70. The maximum absolute atomic E-state index is 11.3. The van der Waals surface area contributed by atoms with Gasteiger partial charge in [0.2, 0.25) is 0 Å². The quantitative estimate of drug-likeness (QED) is 0.539. The number of thiophene rings is 1. The van der Waals surface area contributed by atoms with Crippen LogP contribution >= 0.6 is 22.9 Å². The van der Waals surface area contributed by atoms with Crippen molar-refractivity contribution >= 4 is 28.7 Å². The number of carbonyl (C=O) groups is 1. The number of hydrogen-bond donors (Lipinski definition) is 0. The van der Waals surface area contributed by atoms with Gasteiger partial charge in [-0.2, -0.15) is 0 Å². The van der Waals surface area contributed by atoms with Gasteiger partial charge in [-0.1, -0.05) is 11.6 Å². The molecule has 12 heavy (non-hydrogen) atoms. The molecule has 1 aromatic rings. The number of Topliss-reactive ketones (excluding diaryl/α,β-unsaturated/α-hetero) is 1. The average Bonchev–Trinajstić information content (AvgIpc) is 2.47. The summed E-state index contributed by atoms with van der Waals surface area (Å²) in [5.74, 6) is 2.49. The predicted molar refractivity (Wildman–Crippen MR) is 51.7 cm³/mol. The molecular weight excluding hydrogens is 192 g/mol. The monoisotopic (exact) mass is 198 g/mol. The fraction of sp³-hybridized carbons (Fsp3) is 0.222. The third-order valence-electron chi connectivity index (χ3n) is 1.39. The van der Waals surface area contributed by atoms with E-state index in [1.807, 2.05) is 0 Å². The van der Waals surface area contributed by atoms with Gasteiger partial charge in [-0.3, -0.25) is 4.79 Å². The van der Waals surface area contributed by atoms with Crippen molar-refractivity contribution in [3.05, 3.63) is 21.3 Å². The van der Waals surface area contributed by atoms with E-state index in [-0.39, 0.29) is 5.78 Å². The minimum absolute atomic E-state index is 0.0658. The molecule has 0 unspecified atom stereocenters. The third-order valence-corrected chi connectivity index (χ3v) is 2.48. The van der Waals surface area contributed by atoms with Gasteiger partial charge in [0.05, 0.1) is 4.34 Å². The zero-order valence-electron chi connectivity index (χ0n) is 6.34. The highest BCUT2D eigenvalue weighted by atomic mass is 35.5. The molecule has 0 atom stereocenters. The lowest BCUT2D eigenvalue weighted by Crippen LogP contribution is -1.95. The Bertz CT molecular complexity index is 322. The first kappa shape index (κ1) is 9.31. The van der Waals surface area contributed by atoms with Crippen molar-refractivity contribution in [1.29, 1.82) is 0 Å². The molecule has 0 amide bonds. The molecule has 0 aliphatic rings. The van der Waals surface area contributed by atoms with Gasteiger partial charge in [0, 0.05) is 23.8 Å². The van der Waals surface area contributed by atoms with Gasteiger partial charge in [-0.15, -0.1) is 23.7 Å². The molecule has 3 heteroatoms. The van der Waals surface area contributed by atoms with Gasteiger partial charge in [-0.05, 0) is 6.07 Å². The van der Waals surface area contributed by atoms with Gasteiger partial charge < -0.3 is 0 Å². The van der Waals surface area contributed by atoms with Crippen molar-refractivity contribution in [3.8, 4) is 12.3 Å². The molecule has 0 aliphatic carbocycles. The topological polar surface area (TPSA) is 17.1 Å². The fourth-order valence-corrected chi connectivity index (χ4v) is 1.67. The highest BCUT2D eigenvalue weighted by molar-refractivity contribution is 7.14. The Labute approximate surface area is 80.4 Å². The van der Waals surface area contributed by atoms with Crippen LogP contribution in [0.25, 0.3) is 0 Å². The summed E-state index contributed by atoms with van der Waals surface area (Å²) in [5.41, 5.74) is 0.667. The molecule has 0 aliphatic heterocycles. The zero-order chi connectivity index (χ0) is 8.97. The summed E-state index contributed by atoms with van der Waals surface area (Å²) in [6, 6.07) is 1.67. The lowest BCUT2D eigenvalue weighted by Gasteiger charge is -1.91. The number of terminal acetylenes is 1.